The lowest BCUT2D eigenvalue weighted by Crippen LogP contribution is -2.48. The van der Waals surface area contributed by atoms with E-state index in [1.165, 1.54) is 12.0 Å². The molecule has 232 valence electrons. The number of rotatable bonds is 9. The van der Waals surface area contributed by atoms with Gasteiger partial charge in [0.25, 0.3) is 11.5 Å². The van der Waals surface area contributed by atoms with Gasteiger partial charge in [-0.2, -0.15) is 13.2 Å². The first-order chi connectivity index (χ1) is 20.3. The molecule has 10 nitrogen and oxygen atoms in total. The maximum Gasteiger partial charge on any atom is 0.401 e. The predicted molar refractivity (Wildman–Crippen MR) is 160 cm³/mol. The first-order valence-electron chi connectivity index (χ1n) is 13.9. The van der Waals surface area contributed by atoms with Crippen molar-refractivity contribution in [1.82, 2.24) is 24.5 Å². The van der Waals surface area contributed by atoms with Crippen LogP contribution in [0.2, 0.25) is 0 Å². The quantitative estimate of drug-likeness (QED) is 0.277. The third kappa shape index (κ3) is 7.59. The van der Waals surface area contributed by atoms with E-state index in [9.17, 15) is 22.8 Å². The number of nitrogens with two attached hydrogens (primary N) is 2. The van der Waals surface area contributed by atoms with Crippen LogP contribution in [-0.4, -0.2) is 71.1 Å². The zero-order valence-electron chi connectivity index (χ0n) is 24.8. The maximum atomic E-state index is 13.6. The van der Waals surface area contributed by atoms with E-state index in [1.807, 2.05) is 23.6 Å². The molecule has 1 saturated heterocycles. The highest BCUT2D eigenvalue weighted by Crippen LogP contribution is 2.27. The number of methoxy groups -OCH3 is 1. The monoisotopic (exact) mass is 601 g/mol. The van der Waals surface area contributed by atoms with Gasteiger partial charge in [-0.05, 0) is 56.7 Å². The fourth-order valence-electron chi connectivity index (χ4n) is 5.26. The minimum absolute atomic E-state index is 0.0603. The van der Waals surface area contributed by atoms with Crippen LogP contribution in [0, 0.1) is 13.8 Å². The van der Waals surface area contributed by atoms with Gasteiger partial charge in [0.2, 0.25) is 0 Å². The first-order valence-corrected chi connectivity index (χ1v) is 13.9. The third-order valence-corrected chi connectivity index (χ3v) is 7.53. The van der Waals surface area contributed by atoms with Crippen LogP contribution >= 0.6 is 0 Å². The molecule has 1 fully saturated rings. The van der Waals surface area contributed by atoms with Crippen LogP contribution in [0.25, 0.3) is 11.2 Å². The van der Waals surface area contributed by atoms with Crippen LogP contribution in [0.5, 0.6) is 5.75 Å². The van der Waals surface area contributed by atoms with Gasteiger partial charge in [-0.15, -0.1) is 0 Å². The highest BCUT2D eigenvalue weighted by Gasteiger charge is 2.32. The number of piperazine rings is 1. The smallest absolute Gasteiger partial charge is 0.401 e. The van der Waals surface area contributed by atoms with E-state index in [4.69, 9.17) is 16.2 Å². The molecule has 1 amide bonds. The number of H-pyrrole nitrogens is 1. The lowest BCUT2D eigenvalue weighted by Gasteiger charge is -2.35. The van der Waals surface area contributed by atoms with Crippen molar-refractivity contribution in [2.75, 3.05) is 39.8 Å². The van der Waals surface area contributed by atoms with E-state index in [0.717, 1.165) is 5.69 Å². The fraction of sp³-hybridized carbons (Fsp3) is 0.400. The van der Waals surface area contributed by atoms with E-state index in [1.54, 1.807) is 38.1 Å². The molecule has 1 aliphatic rings. The molecule has 0 atom stereocenters. The number of fused-ring (bicyclic) bond motifs is 1. The molecule has 0 unspecified atom stereocenters. The second kappa shape index (κ2) is 13.0. The summed E-state index contributed by atoms with van der Waals surface area (Å²) in [4.78, 5) is 32.4. The van der Waals surface area contributed by atoms with Crippen molar-refractivity contribution in [3.8, 4) is 5.75 Å². The van der Waals surface area contributed by atoms with Crippen LogP contribution in [-0.2, 0) is 13.1 Å². The molecule has 13 heteroatoms. The number of alkyl halides is 3. The van der Waals surface area contributed by atoms with E-state index < -0.39 is 18.6 Å². The Morgan fingerprint density at radius 1 is 1.09 bits per heavy atom. The van der Waals surface area contributed by atoms with Crippen molar-refractivity contribution in [1.29, 1.82) is 0 Å². The second-order valence-electron chi connectivity index (χ2n) is 10.8. The van der Waals surface area contributed by atoms with E-state index in [2.05, 4.69) is 15.2 Å². The Kier molecular flexibility index (Phi) is 9.55. The largest absolute Gasteiger partial charge is 0.496 e. The summed E-state index contributed by atoms with van der Waals surface area (Å²) in [5.74, 6) is -0.0280. The average Bonchev–Trinajstić information content (AvgIpc) is 3.36. The summed E-state index contributed by atoms with van der Waals surface area (Å²) < 4.78 is 46.0. The Balaban J connectivity index is 1.69. The van der Waals surface area contributed by atoms with Gasteiger partial charge in [-0.25, -0.2) is 0 Å². The number of hydrogen-bond donors (Lipinski definition) is 4. The van der Waals surface area contributed by atoms with Crippen LogP contribution < -0.4 is 27.1 Å². The molecular formula is C30H38F3N7O3. The zero-order valence-corrected chi connectivity index (χ0v) is 24.8. The topological polar surface area (TPSA) is 134 Å². The summed E-state index contributed by atoms with van der Waals surface area (Å²) >= 11 is 0. The van der Waals surface area contributed by atoms with E-state index in [-0.39, 0.29) is 30.8 Å². The zero-order chi connectivity index (χ0) is 31.5. The summed E-state index contributed by atoms with van der Waals surface area (Å²) in [6.45, 7) is 6.19. The van der Waals surface area contributed by atoms with Gasteiger partial charge in [0.15, 0.2) is 0 Å². The molecule has 0 aromatic carbocycles. The van der Waals surface area contributed by atoms with Gasteiger partial charge in [0.1, 0.15) is 5.75 Å². The number of amides is 1. The molecule has 0 aliphatic carbocycles. The molecule has 43 heavy (non-hydrogen) atoms. The Morgan fingerprint density at radius 2 is 1.77 bits per heavy atom. The van der Waals surface area contributed by atoms with Crippen molar-refractivity contribution in [2.45, 2.75) is 40.0 Å². The minimum atomic E-state index is -4.24. The Morgan fingerprint density at radius 3 is 2.40 bits per heavy atom. The molecular weight excluding hydrogens is 563 g/mol. The number of carbonyl (C=O) groups excluding carboxylic acids is 1. The van der Waals surface area contributed by atoms with Crippen molar-refractivity contribution < 1.29 is 22.7 Å². The standard InChI is InChI=1S/C30H38F3N7O3/c1-18(34)5-6-24(35)21-7-8-40-25(21)14-22(28(41)36-15-23-27(43-4)13-19(2)37-29(23)42)20(3)26(40)16-38-9-11-39(12-10-38)17-30(31,32)33/h5-8,13-14H,9-12,15-17,34-35H2,1-4H3,(H,36,41)(H,37,42)/b18-5-,24-6-. The summed E-state index contributed by atoms with van der Waals surface area (Å²) in [5, 5.41) is 2.85. The highest BCUT2D eigenvalue weighted by molar-refractivity contribution is 5.98. The molecule has 3 aromatic rings. The van der Waals surface area contributed by atoms with Crippen LogP contribution in [0.3, 0.4) is 0 Å². The normalized spacial score (nSPS) is 15.7. The fourth-order valence-corrected chi connectivity index (χ4v) is 5.26. The molecule has 0 bridgehead atoms. The average molecular weight is 602 g/mol. The number of pyridine rings is 2. The maximum absolute atomic E-state index is 13.6. The molecule has 0 spiro atoms. The highest BCUT2D eigenvalue weighted by atomic mass is 19.4. The molecule has 4 heterocycles. The molecule has 3 aromatic heterocycles. The van der Waals surface area contributed by atoms with Crippen LogP contribution in [0.15, 0.2) is 47.0 Å². The number of aromatic amines is 1. The van der Waals surface area contributed by atoms with Gasteiger partial charge in [-0.1, -0.05) is 0 Å². The summed E-state index contributed by atoms with van der Waals surface area (Å²) in [6.07, 6.45) is 1.01. The van der Waals surface area contributed by atoms with Gasteiger partial charge in [0, 0.05) is 72.8 Å². The number of aromatic nitrogens is 2. The number of nitrogens with one attached hydrogen (secondary N) is 2. The number of hydrogen-bond acceptors (Lipinski definition) is 7. The van der Waals surface area contributed by atoms with Gasteiger partial charge in [-0.3, -0.25) is 19.4 Å². The van der Waals surface area contributed by atoms with Gasteiger partial charge in [0.05, 0.1) is 31.3 Å². The van der Waals surface area contributed by atoms with E-state index in [0.29, 0.717) is 64.7 Å². The van der Waals surface area contributed by atoms with Gasteiger partial charge >= 0.3 is 6.18 Å². The third-order valence-electron chi connectivity index (χ3n) is 7.53. The van der Waals surface area contributed by atoms with E-state index >= 15 is 0 Å². The molecule has 1 aliphatic heterocycles. The first kappa shape index (κ1) is 31.7. The number of aryl methyl sites for hydroxylation is 1. The van der Waals surface area contributed by atoms with Crippen molar-refractivity contribution >= 4 is 17.1 Å². The SMILES string of the molecule is COc1cc(C)[nH]c(=O)c1CNC(=O)c1cc2c(/C(N)=C/C=C(/C)N)ccn2c(CN2CCN(CC(F)(F)F)CC2)c1C. The molecule has 4 rings (SSSR count). The van der Waals surface area contributed by atoms with Gasteiger partial charge < -0.3 is 30.9 Å². The van der Waals surface area contributed by atoms with Crippen LogP contribution in [0.1, 0.15) is 45.4 Å². The molecule has 0 saturated carbocycles. The Labute approximate surface area is 247 Å². The predicted octanol–water partition coefficient (Wildman–Crippen LogP) is 3.03. The number of allylic oxidation sites excluding steroid dienone is 3. The molecule has 6 N–H and O–H groups in total. The number of halogens is 3. The summed E-state index contributed by atoms with van der Waals surface area (Å²) in [6, 6.07) is 5.29. The van der Waals surface area contributed by atoms with Crippen molar-refractivity contribution in [2.24, 2.45) is 11.5 Å². The van der Waals surface area contributed by atoms with Crippen molar-refractivity contribution in [3.05, 3.63) is 86.2 Å². The number of nitrogens with zero attached hydrogens (tertiary/aromatic N) is 3. The summed E-state index contributed by atoms with van der Waals surface area (Å²) in [7, 11) is 1.46. The number of carbonyl (C=O) groups is 1. The summed E-state index contributed by atoms with van der Waals surface area (Å²) in [5.41, 5.74) is 17.1. The van der Waals surface area contributed by atoms with Crippen molar-refractivity contribution in [3.63, 3.8) is 0 Å². The Bertz CT molecular complexity index is 1610. The van der Waals surface area contributed by atoms with Crippen LogP contribution in [0.4, 0.5) is 13.2 Å². The molecule has 0 radical (unpaired) electrons. The minimum Gasteiger partial charge on any atom is -0.496 e. The lowest BCUT2D eigenvalue weighted by atomic mass is 10.0. The second-order valence-corrected chi connectivity index (χ2v) is 10.8. The number of ether oxygens (including phenoxy) is 1. The lowest BCUT2D eigenvalue weighted by molar-refractivity contribution is -0.149. The Hall–Kier alpha value is -4.23.